The van der Waals surface area contributed by atoms with Gasteiger partial charge in [-0.15, -0.1) is 0 Å². The fraction of sp³-hybridized carbons (Fsp3) is 0.745. The number of ether oxygens (including phenoxy) is 5. The van der Waals surface area contributed by atoms with Crippen molar-refractivity contribution in [3.63, 3.8) is 0 Å². The van der Waals surface area contributed by atoms with Crippen LogP contribution in [0.3, 0.4) is 0 Å². The third-order valence-corrected chi connectivity index (χ3v) is 15.4. The number of aliphatic hydroxyl groups excluding tert-OH is 1. The number of esters is 1. The lowest BCUT2D eigenvalue weighted by Crippen LogP contribution is -2.61. The van der Waals surface area contributed by atoms with Crippen LogP contribution in [0.4, 0.5) is 0 Å². The van der Waals surface area contributed by atoms with Crippen molar-refractivity contribution in [3.05, 3.63) is 47.6 Å². The van der Waals surface area contributed by atoms with Gasteiger partial charge in [-0.2, -0.15) is 0 Å². The number of hydrogen-bond acceptors (Lipinski definition) is 14. The van der Waals surface area contributed by atoms with Crippen molar-refractivity contribution in [3.8, 4) is 0 Å². The summed E-state index contributed by atoms with van der Waals surface area (Å²) in [5, 5.41) is 23.5. The van der Waals surface area contributed by atoms with E-state index in [9.17, 15) is 38.8 Å². The highest BCUT2D eigenvalue weighted by molar-refractivity contribution is 7.53. The standard InChI is InChI=1S/C51H82N3O14P/c1-30-16-12-11-13-17-31(2)42(63-8)28-38-21-19-36(7)51(61,67-38)48(58)49(59)54-23-15-14-18-39(54)50(60)66-43(33(4)26-37-20-22-41(44(27-37)64-9)68-69(52,53)62)29-40(55)32(3)25-35(6)46(57)47(65-10)45(56)34(5)24-30/h11-13,16-17,25,30,33-39,41-44,46-47,57,61H,14-15,18-24,26-29H2,1-10H3,(H4,52,53,62)/b13-11?,16-12?,31-17?,32-25+/t30-,33-,34-,35?,36-,37+,38+,39?,41-,42+,43+,44-,46-,47+,51?/m1/s1. The quantitative estimate of drug-likeness (QED) is 0.119. The molecule has 4 aliphatic rings. The Kier molecular flexibility index (Phi) is 22.4. The largest absolute Gasteiger partial charge is 0.460 e. The Morgan fingerprint density at radius 2 is 1.59 bits per heavy atom. The molecule has 0 aromatic carbocycles. The second-order valence-electron chi connectivity index (χ2n) is 20.3. The van der Waals surface area contributed by atoms with Gasteiger partial charge in [-0.25, -0.2) is 15.8 Å². The molecule has 17 nitrogen and oxygen atoms in total. The van der Waals surface area contributed by atoms with Crippen LogP contribution in [0.25, 0.3) is 0 Å². The molecule has 18 heteroatoms. The van der Waals surface area contributed by atoms with Crippen molar-refractivity contribution in [1.29, 1.82) is 0 Å². The van der Waals surface area contributed by atoms with E-state index in [4.69, 9.17) is 39.2 Å². The van der Waals surface area contributed by atoms with Gasteiger partial charge in [-0.1, -0.05) is 71.1 Å². The SMILES string of the molecule is CO[C@H]1C[C@@H]2CC[C@@H](C)C(O)(O2)C(=O)C(=O)N2CCCCC2C(=O)O[C@H]([C@H](C)C[C@@H]2CC[C@@H](OP(N)(N)=O)[C@H](OC)C2)CC(=O)/C(C)=C/C(C)[C@@H](O)[C@@H](OC)C(=O)[C@H](C)C[C@H](C)C=CC=CC=C1C. The van der Waals surface area contributed by atoms with E-state index in [0.29, 0.717) is 64.2 Å². The molecule has 2 bridgehead atoms. The number of Topliss-reactive ketones (excluding diaryl/α,β-unsaturated/α-hetero) is 3. The Hall–Kier alpha value is -3.22. The molecule has 3 fully saturated rings. The number of allylic oxidation sites excluding steroid dienone is 6. The summed E-state index contributed by atoms with van der Waals surface area (Å²) in [7, 11) is 0.664. The Morgan fingerprint density at radius 1 is 0.884 bits per heavy atom. The average Bonchev–Trinajstić information content (AvgIpc) is 3.30. The molecule has 0 aromatic rings. The zero-order valence-electron chi connectivity index (χ0n) is 42.6. The molecule has 15 atom stereocenters. The van der Waals surface area contributed by atoms with E-state index in [-0.39, 0.29) is 48.4 Å². The van der Waals surface area contributed by atoms with Gasteiger partial charge in [0, 0.05) is 58.5 Å². The summed E-state index contributed by atoms with van der Waals surface area (Å²) < 4.78 is 47.1. The van der Waals surface area contributed by atoms with Crippen LogP contribution >= 0.6 is 7.67 Å². The van der Waals surface area contributed by atoms with Crippen molar-refractivity contribution in [2.75, 3.05) is 27.9 Å². The molecule has 3 unspecified atom stereocenters. The molecule has 1 aliphatic carbocycles. The van der Waals surface area contributed by atoms with Gasteiger partial charge >= 0.3 is 13.6 Å². The zero-order chi connectivity index (χ0) is 51.4. The number of amides is 1. The van der Waals surface area contributed by atoms with E-state index in [2.05, 4.69) is 0 Å². The summed E-state index contributed by atoms with van der Waals surface area (Å²) in [5.41, 5.74) is 12.2. The first-order valence-corrected chi connectivity index (χ1v) is 26.6. The molecule has 2 saturated heterocycles. The van der Waals surface area contributed by atoms with E-state index >= 15 is 0 Å². The molecular weight excluding hydrogens is 910 g/mol. The maximum Gasteiger partial charge on any atom is 0.335 e. The van der Waals surface area contributed by atoms with Crippen LogP contribution in [0.5, 0.6) is 0 Å². The lowest BCUT2D eigenvalue weighted by Gasteiger charge is -2.42. The fourth-order valence-electron chi connectivity index (χ4n) is 10.5. The first-order chi connectivity index (χ1) is 32.4. The number of nitrogens with zero attached hydrogens (tertiary/aromatic N) is 1. The molecule has 3 heterocycles. The highest BCUT2D eigenvalue weighted by atomic mass is 31.2. The number of hydrogen-bond donors (Lipinski definition) is 4. The normalized spacial score (nSPS) is 37.3. The topological polar surface area (TPSA) is 254 Å². The summed E-state index contributed by atoms with van der Waals surface area (Å²) >= 11 is 0. The summed E-state index contributed by atoms with van der Waals surface area (Å²) in [4.78, 5) is 72.1. The van der Waals surface area contributed by atoms with Crippen LogP contribution in [0, 0.1) is 35.5 Å². The van der Waals surface area contributed by atoms with Gasteiger partial charge in [0.25, 0.3) is 11.7 Å². The molecule has 1 amide bonds. The number of aliphatic hydroxyl groups is 2. The van der Waals surface area contributed by atoms with Crippen molar-refractivity contribution in [1.82, 2.24) is 4.90 Å². The Bertz CT molecular complexity index is 1950. The van der Waals surface area contributed by atoms with Crippen molar-refractivity contribution < 1.29 is 67.0 Å². The van der Waals surface area contributed by atoms with E-state index in [1.54, 1.807) is 40.9 Å². The Balaban J connectivity index is 1.70. The van der Waals surface area contributed by atoms with E-state index in [1.807, 2.05) is 51.2 Å². The predicted octanol–water partition coefficient (Wildman–Crippen LogP) is 6.23. The van der Waals surface area contributed by atoms with Gasteiger partial charge in [0.1, 0.15) is 18.2 Å². The molecule has 0 spiro atoms. The fourth-order valence-corrected chi connectivity index (χ4v) is 11.1. The molecule has 3 aliphatic heterocycles. The number of fused-ring (bicyclic) bond motifs is 3. The minimum absolute atomic E-state index is 0.00300. The van der Waals surface area contributed by atoms with E-state index < -0.39 is 104 Å². The molecule has 6 N–H and O–H groups in total. The average molecular weight is 992 g/mol. The van der Waals surface area contributed by atoms with E-state index in [0.717, 1.165) is 5.57 Å². The highest BCUT2D eigenvalue weighted by Gasteiger charge is 2.53. The van der Waals surface area contributed by atoms with Gasteiger partial charge < -0.3 is 43.3 Å². The Morgan fingerprint density at radius 3 is 2.25 bits per heavy atom. The smallest absolute Gasteiger partial charge is 0.335 e. The zero-order valence-corrected chi connectivity index (χ0v) is 43.5. The van der Waals surface area contributed by atoms with Crippen molar-refractivity contribution >= 4 is 36.9 Å². The third kappa shape index (κ3) is 16.1. The summed E-state index contributed by atoms with van der Waals surface area (Å²) in [5.74, 6) is -8.38. The molecule has 69 heavy (non-hydrogen) atoms. The maximum atomic E-state index is 14.5. The number of piperidine rings is 1. The second-order valence-corrected chi connectivity index (χ2v) is 21.8. The highest BCUT2D eigenvalue weighted by Crippen LogP contribution is 2.41. The molecular formula is C51H82N3O14P. The van der Waals surface area contributed by atoms with Gasteiger partial charge in [-0.05, 0) is 107 Å². The molecule has 4 rings (SSSR count). The molecule has 0 aromatic heterocycles. The molecule has 1 saturated carbocycles. The first-order valence-electron chi connectivity index (χ1n) is 24.8. The number of rotatable bonds is 8. The van der Waals surface area contributed by atoms with Crippen LogP contribution in [-0.4, -0.2) is 127 Å². The number of ketones is 3. The number of carbonyl (C=O) groups excluding carboxylic acids is 5. The van der Waals surface area contributed by atoms with Crippen LogP contribution < -0.4 is 11.0 Å². The van der Waals surface area contributed by atoms with Crippen LogP contribution in [0.2, 0.25) is 0 Å². The maximum absolute atomic E-state index is 14.5. The lowest BCUT2D eigenvalue weighted by atomic mass is 9.78. The Labute approximate surface area is 409 Å². The molecule has 390 valence electrons. The van der Waals surface area contributed by atoms with Crippen LogP contribution in [0.1, 0.15) is 126 Å². The van der Waals surface area contributed by atoms with Gasteiger partial charge in [0.2, 0.25) is 5.79 Å². The van der Waals surface area contributed by atoms with Crippen LogP contribution in [0.15, 0.2) is 47.6 Å². The minimum Gasteiger partial charge on any atom is -0.460 e. The van der Waals surface area contributed by atoms with Gasteiger partial charge in [-0.3, -0.25) is 23.7 Å². The lowest BCUT2D eigenvalue weighted by molar-refractivity contribution is -0.265. The van der Waals surface area contributed by atoms with Gasteiger partial charge in [0.15, 0.2) is 11.6 Å². The van der Waals surface area contributed by atoms with Gasteiger partial charge in [0.05, 0.1) is 30.5 Å². The number of cyclic esters (lactones) is 1. The van der Waals surface area contributed by atoms with Crippen molar-refractivity contribution in [2.24, 2.45) is 46.5 Å². The molecule has 0 radical (unpaired) electrons. The summed E-state index contributed by atoms with van der Waals surface area (Å²) in [6, 6.07) is -1.18. The number of carbonyl (C=O) groups is 5. The minimum atomic E-state index is -3.79. The monoisotopic (exact) mass is 992 g/mol. The summed E-state index contributed by atoms with van der Waals surface area (Å²) in [6.07, 6.45) is 10.3. The van der Waals surface area contributed by atoms with Crippen molar-refractivity contribution in [2.45, 2.75) is 180 Å². The third-order valence-electron chi connectivity index (χ3n) is 14.8. The second kappa shape index (κ2) is 26.5. The number of nitrogens with two attached hydrogens (primary N) is 2. The number of methoxy groups -OCH3 is 3. The van der Waals surface area contributed by atoms with E-state index in [1.165, 1.54) is 19.1 Å². The summed E-state index contributed by atoms with van der Waals surface area (Å²) in [6.45, 7) is 12.6. The predicted molar refractivity (Wildman–Crippen MR) is 260 cm³/mol. The first kappa shape index (κ1) is 58.4. The van der Waals surface area contributed by atoms with Crippen LogP contribution in [-0.2, 0) is 56.7 Å².